The monoisotopic (exact) mass is 491 g/mol. The second-order valence-electron chi connectivity index (χ2n) is 11.8. The van der Waals surface area contributed by atoms with Gasteiger partial charge in [-0.25, -0.2) is 4.99 Å². The fourth-order valence-electron chi connectivity index (χ4n) is 5.88. The highest BCUT2D eigenvalue weighted by atomic mass is 32.1. The molecule has 190 valence electrons. The summed E-state index contributed by atoms with van der Waals surface area (Å²) in [6.45, 7) is 15.8. The maximum absolute atomic E-state index is 5.01. The smallest absolute Gasteiger partial charge is 0.0857 e. The lowest BCUT2D eigenvalue weighted by atomic mass is 9.72. The number of nitrogens with zero attached hydrogens (tertiary/aromatic N) is 3. The Morgan fingerprint density at radius 3 is 2.09 bits per heavy atom. The van der Waals surface area contributed by atoms with Crippen LogP contribution in [0.5, 0.6) is 0 Å². The topological polar surface area (TPSA) is 30.2 Å². The molecule has 0 aliphatic heterocycles. The van der Waals surface area contributed by atoms with E-state index in [0.717, 1.165) is 38.0 Å². The zero-order valence-electron chi connectivity index (χ0n) is 22.9. The van der Waals surface area contributed by atoms with Gasteiger partial charge in [-0.05, 0) is 124 Å². The van der Waals surface area contributed by atoms with E-state index >= 15 is 0 Å². The lowest BCUT2D eigenvalue weighted by Gasteiger charge is -2.32. The average molecular weight is 492 g/mol. The van der Waals surface area contributed by atoms with Gasteiger partial charge in [0, 0.05) is 13.1 Å². The minimum atomic E-state index is 0.241. The molecule has 35 heavy (non-hydrogen) atoms. The van der Waals surface area contributed by atoms with Crippen LogP contribution in [0.3, 0.4) is 0 Å². The van der Waals surface area contributed by atoms with Crippen molar-refractivity contribution in [1.82, 2.24) is 9.78 Å². The summed E-state index contributed by atoms with van der Waals surface area (Å²) in [6, 6.07) is 2.25. The molecule has 2 aliphatic carbocycles. The van der Waals surface area contributed by atoms with Crippen molar-refractivity contribution in [3.8, 4) is 0 Å². The average Bonchev–Trinajstić information content (AvgIpc) is 3.16. The molecule has 0 unspecified atom stereocenters. The number of aryl methyl sites for hydroxylation is 1. The van der Waals surface area contributed by atoms with E-state index in [0.29, 0.717) is 0 Å². The van der Waals surface area contributed by atoms with Crippen molar-refractivity contribution in [2.45, 2.75) is 106 Å². The van der Waals surface area contributed by atoms with Crippen LogP contribution in [0.25, 0.3) is 12.2 Å². The van der Waals surface area contributed by atoms with Gasteiger partial charge in [0.2, 0.25) is 0 Å². The van der Waals surface area contributed by atoms with E-state index in [2.05, 4.69) is 99.0 Å². The summed E-state index contributed by atoms with van der Waals surface area (Å²) in [5, 5.41) is 7.47. The van der Waals surface area contributed by atoms with E-state index in [4.69, 9.17) is 5.10 Å². The first kappa shape index (κ1) is 27.6. The van der Waals surface area contributed by atoms with Gasteiger partial charge in [-0.2, -0.15) is 5.10 Å². The fourth-order valence-corrected chi connectivity index (χ4v) is 5.97. The first-order chi connectivity index (χ1) is 16.6. The quantitative estimate of drug-likeness (QED) is 0.185. The van der Waals surface area contributed by atoms with E-state index in [1.807, 2.05) is 0 Å². The van der Waals surface area contributed by atoms with E-state index in [9.17, 15) is 0 Å². The highest BCUT2D eigenvalue weighted by Gasteiger charge is 2.27. The molecule has 3 nitrogen and oxygen atoms in total. The van der Waals surface area contributed by atoms with Crippen LogP contribution < -0.4 is 0 Å². The molecule has 0 atom stereocenters. The SMILES string of the molecule is CC1=C(/C=C/c2cc(/C=C/C3=C(C)CCCC3(C)C)n(CCCCCN=C=S)n2)C(C)(C)CCC1. The lowest BCUT2D eigenvalue weighted by Crippen LogP contribution is -2.19. The molecule has 0 saturated heterocycles. The summed E-state index contributed by atoms with van der Waals surface area (Å²) in [7, 11) is 0. The lowest BCUT2D eigenvalue weighted by molar-refractivity contribution is 0.377. The molecule has 0 N–H and O–H groups in total. The van der Waals surface area contributed by atoms with Gasteiger partial charge in [0.15, 0.2) is 0 Å². The van der Waals surface area contributed by atoms with Crippen LogP contribution in [0.1, 0.15) is 111 Å². The maximum Gasteiger partial charge on any atom is 0.0857 e. The molecule has 0 radical (unpaired) electrons. The molecule has 0 fully saturated rings. The number of aliphatic imine (C=N–C) groups is 1. The highest BCUT2D eigenvalue weighted by Crippen LogP contribution is 2.42. The van der Waals surface area contributed by atoms with E-state index in [1.54, 1.807) is 0 Å². The normalized spacial score (nSPS) is 20.2. The Hall–Kier alpha value is -2.03. The highest BCUT2D eigenvalue weighted by molar-refractivity contribution is 7.78. The van der Waals surface area contributed by atoms with Gasteiger partial charge in [0.1, 0.15) is 0 Å². The van der Waals surface area contributed by atoms with Crippen molar-refractivity contribution in [3.05, 3.63) is 51.9 Å². The number of hydrogen-bond acceptors (Lipinski definition) is 3. The number of isothiocyanates is 1. The number of hydrogen-bond donors (Lipinski definition) is 0. The van der Waals surface area contributed by atoms with Crippen molar-refractivity contribution >= 4 is 29.5 Å². The van der Waals surface area contributed by atoms with Gasteiger partial charge >= 0.3 is 0 Å². The van der Waals surface area contributed by atoms with Crippen molar-refractivity contribution in [2.75, 3.05) is 6.54 Å². The van der Waals surface area contributed by atoms with Crippen LogP contribution >= 0.6 is 12.2 Å². The Morgan fingerprint density at radius 2 is 1.51 bits per heavy atom. The second kappa shape index (κ2) is 12.3. The molecule has 4 heteroatoms. The standard InChI is InChI=1S/C31H45N3S/c1-24-12-10-18-30(3,4)28(24)16-14-26-22-27(34(33-26)21-9-7-8-20-32-23-35)15-17-29-25(2)13-11-19-31(29,5)6/h14-17,22H,7-13,18-21H2,1-6H3/b16-14+,17-15+. The van der Waals surface area contributed by atoms with Gasteiger partial charge in [0.05, 0.1) is 16.5 Å². The van der Waals surface area contributed by atoms with Gasteiger partial charge in [-0.15, -0.1) is 0 Å². The van der Waals surface area contributed by atoms with Crippen LogP contribution in [0.15, 0.2) is 45.5 Å². The summed E-state index contributed by atoms with van der Waals surface area (Å²) in [5.74, 6) is 0. The summed E-state index contributed by atoms with van der Waals surface area (Å²) < 4.78 is 2.19. The molecule has 0 aromatic carbocycles. The summed E-state index contributed by atoms with van der Waals surface area (Å²) in [5.41, 5.74) is 8.76. The van der Waals surface area contributed by atoms with E-state index < -0.39 is 0 Å². The van der Waals surface area contributed by atoms with Gasteiger partial charge < -0.3 is 0 Å². The van der Waals surface area contributed by atoms with Crippen LogP contribution in [0, 0.1) is 10.8 Å². The van der Waals surface area contributed by atoms with Crippen LogP contribution in [-0.2, 0) is 6.54 Å². The maximum atomic E-state index is 5.01. The third kappa shape index (κ3) is 7.48. The Morgan fingerprint density at radius 1 is 0.914 bits per heavy atom. The molecule has 0 spiro atoms. The predicted molar refractivity (Wildman–Crippen MR) is 155 cm³/mol. The van der Waals surface area contributed by atoms with E-state index in [-0.39, 0.29) is 10.8 Å². The number of allylic oxidation sites excluding steroid dienone is 6. The first-order valence-electron chi connectivity index (χ1n) is 13.5. The molecule has 0 amide bonds. The molecule has 0 saturated carbocycles. The molecular formula is C31H45N3S. The molecule has 3 rings (SSSR count). The number of aromatic nitrogens is 2. The molecule has 1 aromatic heterocycles. The zero-order chi connectivity index (χ0) is 25.5. The van der Waals surface area contributed by atoms with Gasteiger partial charge in [-0.1, -0.05) is 51.0 Å². The van der Waals surface area contributed by atoms with Crippen LogP contribution in [0.2, 0.25) is 0 Å². The molecule has 1 heterocycles. The molecular weight excluding hydrogens is 446 g/mol. The zero-order valence-corrected chi connectivity index (χ0v) is 23.7. The Kier molecular flexibility index (Phi) is 9.67. The minimum Gasteiger partial charge on any atom is -0.265 e. The Bertz CT molecular complexity index is 1050. The summed E-state index contributed by atoms with van der Waals surface area (Å²) >= 11 is 4.68. The largest absolute Gasteiger partial charge is 0.265 e. The predicted octanol–water partition coefficient (Wildman–Crippen LogP) is 9.24. The third-order valence-corrected chi connectivity index (χ3v) is 8.09. The van der Waals surface area contributed by atoms with Crippen LogP contribution in [0.4, 0.5) is 0 Å². The molecule has 1 aromatic rings. The Labute approximate surface area is 219 Å². The number of thiocarbonyl (C=S) groups is 1. The summed E-state index contributed by atoms with van der Waals surface area (Å²) in [4.78, 5) is 4.04. The van der Waals surface area contributed by atoms with E-state index in [1.165, 1.54) is 66.5 Å². The number of unbranched alkanes of at least 4 members (excludes halogenated alkanes) is 2. The van der Waals surface area contributed by atoms with Gasteiger partial charge in [0.25, 0.3) is 0 Å². The second-order valence-corrected chi connectivity index (χ2v) is 12.0. The van der Waals surface area contributed by atoms with Crippen molar-refractivity contribution in [2.24, 2.45) is 15.8 Å². The van der Waals surface area contributed by atoms with Crippen molar-refractivity contribution in [3.63, 3.8) is 0 Å². The first-order valence-corrected chi connectivity index (χ1v) is 13.9. The van der Waals surface area contributed by atoms with Crippen molar-refractivity contribution < 1.29 is 0 Å². The molecule has 2 aliphatic rings. The summed E-state index contributed by atoms with van der Waals surface area (Å²) in [6.07, 6.45) is 20.0. The fraction of sp³-hybridized carbons (Fsp3) is 0.613. The minimum absolute atomic E-state index is 0.241. The Balaban J connectivity index is 1.84. The third-order valence-electron chi connectivity index (χ3n) is 7.96. The molecule has 0 bridgehead atoms. The van der Waals surface area contributed by atoms with Gasteiger partial charge in [-0.3, -0.25) is 4.68 Å². The van der Waals surface area contributed by atoms with Crippen molar-refractivity contribution in [1.29, 1.82) is 0 Å². The van der Waals surface area contributed by atoms with Crippen LogP contribution in [-0.4, -0.2) is 21.5 Å². The number of rotatable bonds is 10.